The number of carbonyl (C=O) groups excluding carboxylic acids is 1. The first-order valence-corrected chi connectivity index (χ1v) is 7.54. The fourth-order valence-electron chi connectivity index (χ4n) is 2.52. The Labute approximate surface area is 141 Å². The molecule has 7 nitrogen and oxygen atoms in total. The molecular weight excluding hydrogens is 337 g/mol. The SMILES string of the molecule is O=CN1CCN(c2cnnc(Nc3ccccc3C(F)(F)F)n2)CC1. The summed E-state index contributed by atoms with van der Waals surface area (Å²) >= 11 is 0. The lowest BCUT2D eigenvalue weighted by molar-refractivity contribution is -0.136. The second-order valence-electron chi connectivity index (χ2n) is 5.43. The highest BCUT2D eigenvalue weighted by atomic mass is 19.4. The van der Waals surface area contributed by atoms with E-state index >= 15 is 0 Å². The molecule has 1 N–H and O–H groups in total. The minimum atomic E-state index is -4.49. The maximum Gasteiger partial charge on any atom is 0.418 e. The van der Waals surface area contributed by atoms with Gasteiger partial charge >= 0.3 is 6.18 Å². The van der Waals surface area contributed by atoms with Gasteiger partial charge in [-0.3, -0.25) is 4.79 Å². The number of carbonyl (C=O) groups is 1. The van der Waals surface area contributed by atoms with Crippen LogP contribution in [-0.4, -0.2) is 52.7 Å². The number of hydrogen-bond acceptors (Lipinski definition) is 6. The zero-order chi connectivity index (χ0) is 17.9. The zero-order valence-electron chi connectivity index (χ0n) is 13.1. The number of benzene rings is 1. The second kappa shape index (κ2) is 6.91. The van der Waals surface area contributed by atoms with E-state index in [1.54, 1.807) is 4.90 Å². The van der Waals surface area contributed by atoms with Crippen molar-refractivity contribution in [3.63, 3.8) is 0 Å². The number of hydrogen-bond donors (Lipinski definition) is 1. The van der Waals surface area contributed by atoms with Crippen molar-refractivity contribution in [3.05, 3.63) is 36.0 Å². The first kappa shape index (κ1) is 16.9. The van der Waals surface area contributed by atoms with Crippen LogP contribution in [0.15, 0.2) is 30.5 Å². The fraction of sp³-hybridized carbons (Fsp3) is 0.333. The monoisotopic (exact) mass is 352 g/mol. The normalized spacial score (nSPS) is 15.2. The molecule has 0 atom stereocenters. The Kier molecular flexibility index (Phi) is 4.68. The van der Waals surface area contributed by atoms with E-state index in [4.69, 9.17) is 0 Å². The van der Waals surface area contributed by atoms with Crippen LogP contribution >= 0.6 is 0 Å². The van der Waals surface area contributed by atoms with Crippen molar-refractivity contribution < 1.29 is 18.0 Å². The van der Waals surface area contributed by atoms with Crippen LogP contribution in [0.3, 0.4) is 0 Å². The lowest BCUT2D eigenvalue weighted by Crippen LogP contribution is -2.46. The number of anilines is 3. The summed E-state index contributed by atoms with van der Waals surface area (Å²) in [5.74, 6) is 0.472. The Morgan fingerprint density at radius 2 is 1.84 bits per heavy atom. The maximum atomic E-state index is 13.1. The van der Waals surface area contributed by atoms with Gasteiger partial charge in [0.2, 0.25) is 12.4 Å². The molecular formula is C15H15F3N6O. The molecule has 3 rings (SSSR count). The number of para-hydroxylation sites is 1. The number of aromatic nitrogens is 3. The number of alkyl halides is 3. The van der Waals surface area contributed by atoms with Crippen molar-refractivity contribution in [2.75, 3.05) is 36.4 Å². The molecule has 1 amide bonds. The Hall–Kier alpha value is -2.91. The van der Waals surface area contributed by atoms with Gasteiger partial charge in [0.05, 0.1) is 17.4 Å². The average Bonchev–Trinajstić information content (AvgIpc) is 2.62. The molecule has 25 heavy (non-hydrogen) atoms. The standard InChI is InChI=1S/C15H15F3N6O/c16-15(17,18)11-3-1-2-4-12(11)20-14-21-13(9-19-22-14)24-7-5-23(10-25)6-8-24/h1-4,9-10H,5-8H2,(H,20,21,22). The number of piperazine rings is 1. The second-order valence-corrected chi connectivity index (χ2v) is 5.43. The zero-order valence-corrected chi connectivity index (χ0v) is 13.1. The lowest BCUT2D eigenvalue weighted by atomic mass is 10.1. The number of halogens is 3. The largest absolute Gasteiger partial charge is 0.418 e. The Bertz CT molecular complexity index is 746. The summed E-state index contributed by atoms with van der Waals surface area (Å²) in [5, 5.41) is 10.1. The molecule has 2 heterocycles. The lowest BCUT2D eigenvalue weighted by Gasteiger charge is -2.33. The number of nitrogens with one attached hydrogen (secondary N) is 1. The predicted molar refractivity (Wildman–Crippen MR) is 84.4 cm³/mol. The molecule has 0 unspecified atom stereocenters. The summed E-state index contributed by atoms with van der Waals surface area (Å²) < 4.78 is 39.2. The quantitative estimate of drug-likeness (QED) is 0.848. The van der Waals surface area contributed by atoms with E-state index in [0.717, 1.165) is 12.5 Å². The number of nitrogens with zero attached hydrogens (tertiary/aromatic N) is 5. The highest BCUT2D eigenvalue weighted by Crippen LogP contribution is 2.35. The van der Waals surface area contributed by atoms with E-state index in [2.05, 4.69) is 20.5 Å². The third kappa shape index (κ3) is 3.95. The molecule has 10 heteroatoms. The topological polar surface area (TPSA) is 74.2 Å². The van der Waals surface area contributed by atoms with E-state index in [0.29, 0.717) is 32.0 Å². The van der Waals surface area contributed by atoms with Gasteiger partial charge in [0.15, 0.2) is 5.82 Å². The molecule has 1 aliphatic heterocycles. The van der Waals surface area contributed by atoms with Crippen molar-refractivity contribution in [3.8, 4) is 0 Å². The van der Waals surface area contributed by atoms with E-state index in [9.17, 15) is 18.0 Å². The molecule has 1 saturated heterocycles. The van der Waals surface area contributed by atoms with Gasteiger partial charge in [-0.1, -0.05) is 12.1 Å². The molecule has 0 aliphatic carbocycles. The third-order valence-corrected chi connectivity index (χ3v) is 3.81. The van der Waals surface area contributed by atoms with E-state index < -0.39 is 11.7 Å². The Balaban J connectivity index is 1.78. The Morgan fingerprint density at radius 1 is 1.12 bits per heavy atom. The van der Waals surface area contributed by atoms with Crippen molar-refractivity contribution in [2.45, 2.75) is 6.18 Å². The molecule has 1 aromatic carbocycles. The first-order valence-electron chi connectivity index (χ1n) is 7.54. The number of rotatable bonds is 4. The first-order chi connectivity index (χ1) is 12.0. The fourth-order valence-corrected chi connectivity index (χ4v) is 2.52. The van der Waals surface area contributed by atoms with Crippen molar-refractivity contribution in [2.24, 2.45) is 0 Å². The third-order valence-electron chi connectivity index (χ3n) is 3.81. The van der Waals surface area contributed by atoms with Gasteiger partial charge in [-0.05, 0) is 12.1 Å². The smallest absolute Gasteiger partial charge is 0.352 e. The van der Waals surface area contributed by atoms with Gasteiger partial charge in [-0.2, -0.15) is 23.3 Å². The van der Waals surface area contributed by atoms with Gasteiger partial charge < -0.3 is 15.1 Å². The van der Waals surface area contributed by atoms with Crippen LogP contribution in [0.2, 0.25) is 0 Å². The Morgan fingerprint density at radius 3 is 2.52 bits per heavy atom. The highest BCUT2D eigenvalue weighted by Gasteiger charge is 2.33. The van der Waals surface area contributed by atoms with Crippen LogP contribution in [0.4, 0.5) is 30.6 Å². The molecule has 1 fully saturated rings. The molecule has 1 aromatic heterocycles. The average molecular weight is 352 g/mol. The summed E-state index contributed by atoms with van der Waals surface area (Å²) in [6.45, 7) is 2.23. The molecule has 0 saturated carbocycles. The molecule has 0 radical (unpaired) electrons. The van der Waals surface area contributed by atoms with Crippen LogP contribution in [0.5, 0.6) is 0 Å². The van der Waals surface area contributed by atoms with Gasteiger partial charge in [0.25, 0.3) is 0 Å². The van der Waals surface area contributed by atoms with Crippen LogP contribution in [0.1, 0.15) is 5.56 Å². The van der Waals surface area contributed by atoms with Gasteiger partial charge in [-0.25, -0.2) is 0 Å². The summed E-state index contributed by atoms with van der Waals surface area (Å²) in [4.78, 5) is 18.5. The highest BCUT2D eigenvalue weighted by molar-refractivity contribution is 5.60. The summed E-state index contributed by atoms with van der Waals surface area (Å²) in [6, 6.07) is 5.10. The van der Waals surface area contributed by atoms with E-state index in [-0.39, 0.29) is 11.6 Å². The molecule has 0 bridgehead atoms. The van der Waals surface area contributed by atoms with E-state index in [1.807, 2.05) is 4.90 Å². The minimum absolute atomic E-state index is 0.0213. The minimum Gasteiger partial charge on any atom is -0.352 e. The summed E-state index contributed by atoms with van der Waals surface area (Å²) in [7, 11) is 0. The molecule has 0 spiro atoms. The maximum absolute atomic E-state index is 13.1. The van der Waals surface area contributed by atoms with Crippen LogP contribution in [0, 0.1) is 0 Å². The van der Waals surface area contributed by atoms with Crippen molar-refractivity contribution >= 4 is 23.9 Å². The van der Waals surface area contributed by atoms with E-state index in [1.165, 1.54) is 24.4 Å². The van der Waals surface area contributed by atoms with Gasteiger partial charge in [0, 0.05) is 26.2 Å². The predicted octanol–water partition coefficient (Wildman–Crippen LogP) is 1.91. The van der Waals surface area contributed by atoms with Gasteiger partial charge in [-0.15, -0.1) is 5.10 Å². The van der Waals surface area contributed by atoms with Crippen LogP contribution in [0.25, 0.3) is 0 Å². The number of amides is 1. The van der Waals surface area contributed by atoms with Crippen molar-refractivity contribution in [1.82, 2.24) is 20.1 Å². The summed E-state index contributed by atoms with van der Waals surface area (Å²) in [5.41, 5.74) is -0.941. The van der Waals surface area contributed by atoms with Crippen LogP contribution in [-0.2, 0) is 11.0 Å². The van der Waals surface area contributed by atoms with Gasteiger partial charge in [0.1, 0.15) is 0 Å². The summed E-state index contributed by atoms with van der Waals surface area (Å²) in [6.07, 6.45) is -2.26. The molecule has 2 aromatic rings. The molecule has 1 aliphatic rings. The molecule has 132 valence electrons. The van der Waals surface area contributed by atoms with Crippen molar-refractivity contribution in [1.29, 1.82) is 0 Å². The van der Waals surface area contributed by atoms with Crippen LogP contribution < -0.4 is 10.2 Å².